The molecule has 1 rings (SSSR count). The number of thioether (sulfide) groups is 1. The molecule has 3 unspecified atom stereocenters. The third kappa shape index (κ3) is 3.71. The average molecular weight is 311 g/mol. The summed E-state index contributed by atoms with van der Waals surface area (Å²) in [4.78, 5) is 38.2. The normalized spacial score (nSPS) is 22.4. The van der Waals surface area contributed by atoms with Crippen molar-refractivity contribution < 1.29 is 14.4 Å². The summed E-state index contributed by atoms with van der Waals surface area (Å²) in [6.45, 7) is 11.4. The maximum absolute atomic E-state index is 12.5. The van der Waals surface area contributed by atoms with Crippen LogP contribution in [0.25, 0.3) is 0 Å². The number of nitrogens with zero attached hydrogens (tertiary/aromatic N) is 1. The fraction of sp³-hybridized carbons (Fsp3) is 0.800. The first-order valence-corrected chi connectivity index (χ1v) is 8.65. The first-order valence-electron chi connectivity index (χ1n) is 7.71. The average Bonchev–Trinajstić information content (AvgIpc) is 2.71. The first-order chi connectivity index (χ1) is 9.66. The molecular formula is C15H26BNO3S. The molecule has 3 atom stereocenters. The fourth-order valence-corrected chi connectivity index (χ4v) is 3.75. The number of hydrogen-bond donors (Lipinski definition) is 0. The van der Waals surface area contributed by atoms with Gasteiger partial charge >= 0.3 is 0 Å². The van der Waals surface area contributed by atoms with Crippen LogP contribution in [0.3, 0.4) is 0 Å². The maximum atomic E-state index is 12.5. The van der Waals surface area contributed by atoms with E-state index in [9.17, 15) is 14.4 Å². The number of carbonyl (C=O) groups excluding carboxylic acids is 3. The molecule has 1 aliphatic rings. The number of carbonyl (C=O) groups is 3. The van der Waals surface area contributed by atoms with Crippen molar-refractivity contribution in [2.45, 2.75) is 70.8 Å². The zero-order valence-electron chi connectivity index (χ0n) is 13.9. The monoisotopic (exact) mass is 311 g/mol. The molecule has 21 heavy (non-hydrogen) atoms. The molecule has 6 heteroatoms. The highest BCUT2D eigenvalue weighted by Crippen LogP contribution is 2.35. The van der Waals surface area contributed by atoms with Crippen LogP contribution >= 0.6 is 11.8 Å². The summed E-state index contributed by atoms with van der Waals surface area (Å²) in [7, 11) is 0.415. The zero-order valence-corrected chi connectivity index (χ0v) is 14.8. The smallest absolute Gasteiger partial charge is 0.243 e. The maximum Gasteiger partial charge on any atom is 0.243 e. The van der Waals surface area contributed by atoms with E-state index < -0.39 is 11.5 Å². The molecule has 1 heterocycles. The van der Waals surface area contributed by atoms with Gasteiger partial charge in [-0.15, -0.1) is 11.8 Å². The fourth-order valence-electron chi connectivity index (χ4n) is 2.52. The summed E-state index contributed by atoms with van der Waals surface area (Å²) in [5.74, 6) is -0.278. The van der Waals surface area contributed by atoms with Gasteiger partial charge in [-0.2, -0.15) is 0 Å². The van der Waals surface area contributed by atoms with Gasteiger partial charge in [-0.3, -0.25) is 14.5 Å². The van der Waals surface area contributed by atoms with Crippen LogP contribution in [-0.2, 0) is 14.4 Å². The van der Waals surface area contributed by atoms with Crippen molar-refractivity contribution in [3.05, 3.63) is 0 Å². The predicted octanol–water partition coefficient (Wildman–Crippen LogP) is 2.07. The second-order valence-electron chi connectivity index (χ2n) is 6.32. The quantitative estimate of drug-likeness (QED) is 0.533. The molecule has 0 aromatic carbocycles. The highest BCUT2D eigenvalue weighted by atomic mass is 32.2. The van der Waals surface area contributed by atoms with E-state index in [0.717, 1.165) is 6.42 Å². The van der Waals surface area contributed by atoms with Crippen molar-refractivity contribution in [1.29, 1.82) is 0 Å². The zero-order chi connectivity index (χ0) is 16.4. The highest BCUT2D eigenvalue weighted by Gasteiger charge is 2.47. The SMILES string of the molecule is CBC(=O)C(C)(C)C(C)N1C(=O)CC(SC(C)CC)C1=O. The summed E-state index contributed by atoms with van der Waals surface area (Å²) in [6.07, 6.45) is 1.23. The number of likely N-dealkylation sites (tertiary alicyclic amines) is 1. The van der Waals surface area contributed by atoms with Crippen LogP contribution in [0.2, 0.25) is 6.82 Å². The van der Waals surface area contributed by atoms with Crippen LogP contribution in [0.15, 0.2) is 0 Å². The molecular weight excluding hydrogens is 285 g/mol. The van der Waals surface area contributed by atoms with Gasteiger partial charge in [-0.05, 0) is 13.3 Å². The molecule has 1 fully saturated rings. The van der Waals surface area contributed by atoms with Gasteiger partial charge < -0.3 is 4.79 Å². The summed E-state index contributed by atoms with van der Waals surface area (Å²) >= 11 is 1.57. The van der Waals surface area contributed by atoms with E-state index in [1.165, 1.54) is 4.90 Å². The Morgan fingerprint density at radius 2 is 2.00 bits per heavy atom. The van der Waals surface area contributed by atoms with Crippen LogP contribution in [-0.4, -0.2) is 46.2 Å². The first kappa shape index (κ1) is 18.3. The van der Waals surface area contributed by atoms with E-state index in [-0.39, 0.29) is 29.2 Å². The lowest BCUT2D eigenvalue weighted by atomic mass is 9.62. The van der Waals surface area contributed by atoms with Crippen molar-refractivity contribution in [1.82, 2.24) is 4.90 Å². The summed E-state index contributed by atoms with van der Waals surface area (Å²) in [5, 5.41) is 0.0646. The molecule has 0 saturated carbocycles. The molecule has 4 nitrogen and oxygen atoms in total. The molecule has 0 aromatic heterocycles. The van der Waals surface area contributed by atoms with Crippen LogP contribution < -0.4 is 0 Å². The Labute approximate surface area is 132 Å². The predicted molar refractivity (Wildman–Crippen MR) is 88.9 cm³/mol. The molecule has 1 saturated heterocycles. The van der Waals surface area contributed by atoms with Gasteiger partial charge in [0.05, 0.1) is 10.9 Å². The highest BCUT2D eigenvalue weighted by molar-refractivity contribution is 8.01. The van der Waals surface area contributed by atoms with Gasteiger partial charge in [-0.25, -0.2) is 0 Å². The standard InChI is InChI=1S/C15H26BNO3S/c1-7-9(2)21-11-8-12(18)17(13(11)19)10(3)15(4,5)14(20)16-6/h9-11,16H,7-8H2,1-6H3. The van der Waals surface area contributed by atoms with Crippen molar-refractivity contribution >= 4 is 36.5 Å². The van der Waals surface area contributed by atoms with Crippen LogP contribution in [0.5, 0.6) is 0 Å². The van der Waals surface area contributed by atoms with Gasteiger partial charge in [0.1, 0.15) is 0 Å². The summed E-state index contributed by atoms with van der Waals surface area (Å²) in [6, 6.07) is -0.396. The Bertz CT molecular complexity index is 439. The van der Waals surface area contributed by atoms with E-state index in [0.29, 0.717) is 12.5 Å². The lowest BCUT2D eigenvalue weighted by Crippen LogP contribution is -2.51. The third-order valence-electron chi connectivity index (χ3n) is 4.58. The second-order valence-corrected chi connectivity index (χ2v) is 7.97. The van der Waals surface area contributed by atoms with Crippen molar-refractivity contribution in [3.8, 4) is 0 Å². The number of imide groups is 1. The summed E-state index contributed by atoms with van der Waals surface area (Å²) in [5.41, 5.74) is -0.621. The van der Waals surface area contributed by atoms with Gasteiger partial charge in [0, 0.05) is 23.1 Å². The molecule has 0 bridgehead atoms. The molecule has 0 radical (unpaired) electrons. The molecule has 0 spiro atoms. The van der Waals surface area contributed by atoms with Crippen LogP contribution in [0.1, 0.15) is 47.5 Å². The minimum atomic E-state index is -0.698. The number of amides is 2. The molecule has 0 aliphatic carbocycles. The number of hydrogen-bond acceptors (Lipinski definition) is 4. The van der Waals surface area contributed by atoms with Crippen molar-refractivity contribution in [3.63, 3.8) is 0 Å². The van der Waals surface area contributed by atoms with Crippen molar-refractivity contribution in [2.24, 2.45) is 5.41 Å². The largest absolute Gasteiger partial charge is 0.311 e. The van der Waals surface area contributed by atoms with E-state index in [2.05, 4.69) is 13.8 Å². The van der Waals surface area contributed by atoms with Crippen LogP contribution in [0.4, 0.5) is 0 Å². The van der Waals surface area contributed by atoms with E-state index >= 15 is 0 Å². The second kappa shape index (κ2) is 6.99. The van der Waals surface area contributed by atoms with Crippen molar-refractivity contribution in [2.75, 3.05) is 0 Å². The lowest BCUT2D eigenvalue weighted by molar-refractivity contribution is -0.144. The Morgan fingerprint density at radius 1 is 1.43 bits per heavy atom. The Kier molecular flexibility index (Phi) is 6.08. The summed E-state index contributed by atoms with van der Waals surface area (Å²) < 4.78 is 0. The molecule has 118 valence electrons. The van der Waals surface area contributed by atoms with E-state index in [1.54, 1.807) is 18.7 Å². The lowest BCUT2D eigenvalue weighted by Gasteiger charge is -2.36. The Morgan fingerprint density at radius 3 is 2.48 bits per heavy atom. The Hall–Kier alpha value is -0.775. The van der Waals surface area contributed by atoms with E-state index in [1.807, 2.05) is 20.7 Å². The van der Waals surface area contributed by atoms with Gasteiger partial charge in [0.2, 0.25) is 19.1 Å². The molecule has 0 aromatic rings. The molecule has 0 N–H and O–H groups in total. The molecule has 1 aliphatic heterocycles. The topological polar surface area (TPSA) is 54.5 Å². The molecule has 2 amide bonds. The number of rotatable bonds is 7. The Balaban J connectivity index is 2.91. The minimum absolute atomic E-state index is 0.0774. The van der Waals surface area contributed by atoms with Gasteiger partial charge in [0.25, 0.3) is 0 Å². The van der Waals surface area contributed by atoms with E-state index in [4.69, 9.17) is 0 Å². The third-order valence-corrected chi connectivity index (χ3v) is 6.08. The van der Waals surface area contributed by atoms with Crippen LogP contribution in [0, 0.1) is 5.41 Å². The van der Waals surface area contributed by atoms with Gasteiger partial charge in [0.15, 0.2) is 0 Å². The minimum Gasteiger partial charge on any atom is -0.311 e. The van der Waals surface area contributed by atoms with Gasteiger partial charge in [-0.1, -0.05) is 34.5 Å².